The first kappa shape index (κ1) is 76.1. The first-order chi connectivity index (χ1) is 38.5. The van der Waals surface area contributed by atoms with E-state index < -0.39 is 12.1 Å². The Morgan fingerprint density at radius 1 is 0.359 bits per heavy atom. The number of allylic oxidation sites excluding steroid dienone is 6. The average molecular weight is 1100 g/mol. The lowest BCUT2D eigenvalue weighted by Gasteiger charge is -2.22. The summed E-state index contributed by atoms with van der Waals surface area (Å²) in [5.74, 6) is -0.0281. The van der Waals surface area contributed by atoms with Crippen LogP contribution >= 0.6 is 0 Å². The van der Waals surface area contributed by atoms with Gasteiger partial charge in [-0.05, 0) is 77.0 Å². The second-order valence-electron chi connectivity index (χ2n) is 24.2. The van der Waals surface area contributed by atoms with Crippen LogP contribution in [-0.4, -0.2) is 47.4 Å². The Kier molecular flexibility index (Phi) is 65.9. The molecule has 2 unspecified atom stereocenters. The lowest BCUT2D eigenvalue weighted by atomic mass is 10.0. The Morgan fingerprint density at radius 3 is 1.04 bits per heavy atom. The van der Waals surface area contributed by atoms with Crippen LogP contribution in [-0.2, 0) is 14.3 Å². The van der Waals surface area contributed by atoms with Gasteiger partial charge in [-0.3, -0.25) is 9.59 Å². The van der Waals surface area contributed by atoms with Crippen molar-refractivity contribution in [3.05, 3.63) is 36.5 Å². The maximum Gasteiger partial charge on any atom is 0.305 e. The third-order valence-corrected chi connectivity index (χ3v) is 16.4. The highest BCUT2D eigenvalue weighted by molar-refractivity contribution is 5.76. The predicted octanol–water partition coefficient (Wildman–Crippen LogP) is 22.7. The second kappa shape index (κ2) is 67.6. The Hall–Kier alpha value is -1.92. The van der Waals surface area contributed by atoms with Crippen LogP contribution in [0.4, 0.5) is 0 Å². The van der Waals surface area contributed by atoms with Crippen molar-refractivity contribution in [2.75, 3.05) is 13.2 Å². The molecule has 6 heteroatoms. The molecule has 2 atom stereocenters. The molecule has 0 saturated carbocycles. The summed E-state index contributed by atoms with van der Waals surface area (Å²) in [5.41, 5.74) is 0. The molecule has 0 fully saturated rings. The zero-order valence-electron chi connectivity index (χ0n) is 52.7. The van der Waals surface area contributed by atoms with Gasteiger partial charge in [0, 0.05) is 12.8 Å². The topological polar surface area (TPSA) is 95.9 Å². The molecule has 0 aliphatic heterocycles. The summed E-state index contributed by atoms with van der Waals surface area (Å²) in [6.45, 7) is 4.91. The second-order valence-corrected chi connectivity index (χ2v) is 24.2. The molecule has 3 N–H and O–H groups in total. The van der Waals surface area contributed by atoms with Crippen LogP contribution in [0.25, 0.3) is 0 Å². The molecular formula is C72H137NO5. The highest BCUT2D eigenvalue weighted by atomic mass is 16.5. The molecule has 1 amide bonds. The number of carbonyl (C=O) groups excluding carboxylic acids is 2. The molecular weight excluding hydrogens is 959 g/mol. The Morgan fingerprint density at radius 2 is 0.667 bits per heavy atom. The molecule has 0 rings (SSSR count). The van der Waals surface area contributed by atoms with E-state index in [1.54, 1.807) is 0 Å². The van der Waals surface area contributed by atoms with Crippen molar-refractivity contribution in [3.8, 4) is 0 Å². The van der Waals surface area contributed by atoms with E-state index in [9.17, 15) is 19.8 Å². The zero-order valence-corrected chi connectivity index (χ0v) is 52.7. The van der Waals surface area contributed by atoms with Gasteiger partial charge in [0.1, 0.15) is 0 Å². The molecule has 460 valence electrons. The van der Waals surface area contributed by atoms with Crippen LogP contribution in [0, 0.1) is 0 Å². The number of ether oxygens (including phenoxy) is 1. The summed E-state index contributed by atoms with van der Waals surface area (Å²) < 4.78 is 5.47. The number of carbonyl (C=O) groups is 2. The van der Waals surface area contributed by atoms with Crippen molar-refractivity contribution in [3.63, 3.8) is 0 Å². The summed E-state index contributed by atoms with van der Waals surface area (Å²) >= 11 is 0. The predicted molar refractivity (Wildman–Crippen MR) is 343 cm³/mol. The molecule has 0 aliphatic carbocycles. The van der Waals surface area contributed by atoms with Gasteiger partial charge in [-0.2, -0.15) is 0 Å². The zero-order chi connectivity index (χ0) is 56.4. The number of hydrogen-bond donors (Lipinski definition) is 3. The summed E-state index contributed by atoms with van der Waals surface area (Å²) in [4.78, 5) is 24.6. The third-order valence-electron chi connectivity index (χ3n) is 16.4. The molecule has 0 aromatic carbocycles. The van der Waals surface area contributed by atoms with Crippen LogP contribution < -0.4 is 5.32 Å². The van der Waals surface area contributed by atoms with Gasteiger partial charge in [0.25, 0.3) is 0 Å². The number of rotatable bonds is 66. The highest BCUT2D eigenvalue weighted by Gasteiger charge is 2.20. The molecule has 0 aliphatic rings. The van der Waals surface area contributed by atoms with Crippen molar-refractivity contribution in [1.82, 2.24) is 5.32 Å². The molecule has 0 spiro atoms. The smallest absolute Gasteiger partial charge is 0.305 e. The standard InChI is InChI=1S/C72H137NO5/c1-3-5-7-9-11-13-15-17-18-19-34-37-41-44-48-52-56-60-64-70(75)69(68-74)73-71(76)65-61-57-53-49-45-42-38-35-32-30-28-26-24-22-20-21-23-25-27-29-31-33-36-39-43-47-51-55-59-63-67-78-72(77)66-62-58-54-50-46-40-16-14-12-10-8-6-4-2/h8,10,14,16,21,23,69-70,74-75H,3-7,9,11-13,15,17-20,22,24-68H2,1-2H3,(H,73,76)/b10-8-,16-14-,23-21-. The largest absolute Gasteiger partial charge is 0.466 e. The molecule has 78 heavy (non-hydrogen) atoms. The molecule has 0 radical (unpaired) electrons. The summed E-state index contributed by atoms with van der Waals surface area (Å²) in [7, 11) is 0. The van der Waals surface area contributed by atoms with Gasteiger partial charge in [0.15, 0.2) is 0 Å². The minimum Gasteiger partial charge on any atom is -0.466 e. The minimum atomic E-state index is -0.664. The van der Waals surface area contributed by atoms with Crippen LogP contribution in [0.1, 0.15) is 386 Å². The number of hydrogen-bond acceptors (Lipinski definition) is 5. The van der Waals surface area contributed by atoms with E-state index in [0.29, 0.717) is 25.9 Å². The molecule has 6 nitrogen and oxygen atoms in total. The van der Waals surface area contributed by atoms with E-state index in [0.717, 1.165) is 51.4 Å². The van der Waals surface area contributed by atoms with E-state index in [-0.39, 0.29) is 18.5 Å². The summed E-state index contributed by atoms with van der Waals surface area (Å²) in [6.07, 6.45) is 86.2. The monoisotopic (exact) mass is 1100 g/mol. The normalized spacial score (nSPS) is 12.7. The Balaban J connectivity index is 3.37. The quantitative estimate of drug-likeness (QED) is 0.0320. The van der Waals surface area contributed by atoms with E-state index in [1.165, 1.54) is 302 Å². The van der Waals surface area contributed by atoms with E-state index in [1.807, 2.05) is 0 Å². The van der Waals surface area contributed by atoms with Crippen molar-refractivity contribution >= 4 is 11.9 Å². The minimum absolute atomic E-state index is 0.00202. The van der Waals surface area contributed by atoms with E-state index in [2.05, 4.69) is 55.6 Å². The Labute approximate surface area is 487 Å². The van der Waals surface area contributed by atoms with Crippen molar-refractivity contribution in [1.29, 1.82) is 0 Å². The SMILES string of the molecule is CCC/C=C\C/C=C\CCCCCCCC(=O)OCCCCCCCCCCCCCC/C=C\CCCCCCCCCCCCCCCCC(=O)NC(CO)C(O)CCCCCCCCCCCCCCCCCCCC. The fourth-order valence-corrected chi connectivity index (χ4v) is 11.0. The summed E-state index contributed by atoms with van der Waals surface area (Å²) in [5, 5.41) is 23.4. The fraction of sp³-hybridized carbons (Fsp3) is 0.889. The molecule has 0 saturated heterocycles. The molecule has 0 heterocycles. The van der Waals surface area contributed by atoms with Gasteiger partial charge in [-0.15, -0.1) is 0 Å². The van der Waals surface area contributed by atoms with Gasteiger partial charge in [-0.25, -0.2) is 0 Å². The number of unbranched alkanes of at least 4 members (excludes halogenated alkanes) is 49. The first-order valence-electron chi connectivity index (χ1n) is 35.2. The van der Waals surface area contributed by atoms with Gasteiger partial charge in [0.05, 0.1) is 25.4 Å². The maximum atomic E-state index is 12.5. The number of aliphatic hydroxyl groups excluding tert-OH is 2. The molecule has 0 aromatic rings. The maximum absolute atomic E-state index is 12.5. The van der Waals surface area contributed by atoms with Crippen LogP contribution in [0.5, 0.6) is 0 Å². The van der Waals surface area contributed by atoms with Crippen molar-refractivity contribution in [2.45, 2.75) is 398 Å². The fourth-order valence-electron chi connectivity index (χ4n) is 11.0. The van der Waals surface area contributed by atoms with Crippen LogP contribution in [0.15, 0.2) is 36.5 Å². The number of amides is 1. The van der Waals surface area contributed by atoms with Crippen LogP contribution in [0.3, 0.4) is 0 Å². The van der Waals surface area contributed by atoms with Gasteiger partial charge < -0.3 is 20.3 Å². The van der Waals surface area contributed by atoms with Gasteiger partial charge in [-0.1, -0.05) is 333 Å². The lowest BCUT2D eigenvalue weighted by Crippen LogP contribution is -2.45. The number of esters is 1. The summed E-state index contributed by atoms with van der Waals surface area (Å²) in [6, 6.07) is -0.541. The van der Waals surface area contributed by atoms with E-state index in [4.69, 9.17) is 4.74 Å². The lowest BCUT2D eigenvalue weighted by molar-refractivity contribution is -0.143. The third kappa shape index (κ3) is 63.3. The number of aliphatic hydroxyl groups is 2. The first-order valence-corrected chi connectivity index (χ1v) is 35.2. The highest BCUT2D eigenvalue weighted by Crippen LogP contribution is 2.19. The molecule has 0 aromatic heterocycles. The van der Waals surface area contributed by atoms with Crippen molar-refractivity contribution in [2.24, 2.45) is 0 Å². The van der Waals surface area contributed by atoms with Gasteiger partial charge >= 0.3 is 5.97 Å². The number of nitrogens with one attached hydrogen (secondary N) is 1. The average Bonchev–Trinajstić information content (AvgIpc) is 3.44. The van der Waals surface area contributed by atoms with Crippen LogP contribution in [0.2, 0.25) is 0 Å². The molecule has 0 bridgehead atoms. The van der Waals surface area contributed by atoms with Gasteiger partial charge in [0.2, 0.25) is 5.91 Å². The van der Waals surface area contributed by atoms with E-state index >= 15 is 0 Å². The Bertz CT molecular complexity index is 1260. The van der Waals surface area contributed by atoms with Crippen molar-refractivity contribution < 1.29 is 24.5 Å².